The predicted molar refractivity (Wildman–Crippen MR) is 52.6 cm³/mol. The smallest absolute Gasteiger partial charge is 0.127 e. The zero-order valence-corrected chi connectivity index (χ0v) is 8.27. The van der Waals surface area contributed by atoms with Gasteiger partial charge in [0, 0.05) is 10.0 Å². The summed E-state index contributed by atoms with van der Waals surface area (Å²) in [4.78, 5) is 0. The Kier molecular flexibility index (Phi) is 3.48. The first-order valence-corrected chi connectivity index (χ1v) is 4.59. The first kappa shape index (κ1) is 9.46. The van der Waals surface area contributed by atoms with Crippen LogP contribution in [0.1, 0.15) is 12.0 Å². The van der Waals surface area contributed by atoms with Crippen LogP contribution in [0.2, 0.25) is 0 Å². The van der Waals surface area contributed by atoms with Gasteiger partial charge in [0.15, 0.2) is 0 Å². The molecule has 0 heterocycles. The van der Waals surface area contributed by atoms with Gasteiger partial charge in [-0.05, 0) is 25.0 Å². The zero-order valence-electron chi connectivity index (χ0n) is 6.69. The lowest BCUT2D eigenvalue weighted by Crippen LogP contribution is -1.90. The quantitative estimate of drug-likeness (QED) is 0.693. The van der Waals surface area contributed by atoms with Crippen LogP contribution in [0.15, 0.2) is 35.3 Å². The Morgan fingerprint density at radius 2 is 2.25 bits per heavy atom. The summed E-state index contributed by atoms with van der Waals surface area (Å²) in [7, 11) is 0. The summed E-state index contributed by atoms with van der Waals surface area (Å²) >= 11 is 3.30. The second-order valence-corrected chi connectivity index (χ2v) is 3.38. The van der Waals surface area contributed by atoms with E-state index in [0.717, 1.165) is 16.5 Å². The Morgan fingerprint density at radius 1 is 1.50 bits per heavy atom. The van der Waals surface area contributed by atoms with E-state index in [2.05, 4.69) is 22.5 Å². The lowest BCUT2D eigenvalue weighted by molar-refractivity contribution is 0.608. The third kappa shape index (κ3) is 2.18. The molecule has 0 aliphatic heterocycles. The van der Waals surface area contributed by atoms with Crippen LogP contribution >= 0.6 is 15.9 Å². The van der Waals surface area contributed by atoms with E-state index in [9.17, 15) is 4.39 Å². The van der Waals surface area contributed by atoms with E-state index in [-0.39, 0.29) is 5.82 Å². The minimum atomic E-state index is -0.147. The highest BCUT2D eigenvalue weighted by atomic mass is 79.9. The number of halogens is 2. The van der Waals surface area contributed by atoms with Crippen molar-refractivity contribution in [3.63, 3.8) is 0 Å². The maximum Gasteiger partial charge on any atom is 0.127 e. The van der Waals surface area contributed by atoms with Gasteiger partial charge in [0.2, 0.25) is 0 Å². The number of benzene rings is 1. The largest absolute Gasteiger partial charge is 0.207 e. The summed E-state index contributed by atoms with van der Waals surface area (Å²) < 4.78 is 13.9. The van der Waals surface area contributed by atoms with E-state index in [1.165, 1.54) is 6.07 Å². The van der Waals surface area contributed by atoms with E-state index in [1.54, 1.807) is 12.1 Å². The Hall–Kier alpha value is -0.630. The third-order valence-electron chi connectivity index (χ3n) is 1.66. The molecule has 1 aromatic carbocycles. The molecule has 0 aromatic heterocycles. The molecule has 0 atom stereocenters. The molecule has 12 heavy (non-hydrogen) atoms. The van der Waals surface area contributed by atoms with Gasteiger partial charge < -0.3 is 0 Å². The summed E-state index contributed by atoms with van der Waals surface area (Å²) in [5.74, 6) is -0.147. The summed E-state index contributed by atoms with van der Waals surface area (Å²) in [5.41, 5.74) is 0.734. The molecule has 1 aromatic rings. The van der Waals surface area contributed by atoms with Crippen LogP contribution in [0.3, 0.4) is 0 Å². The highest BCUT2D eigenvalue weighted by molar-refractivity contribution is 9.10. The van der Waals surface area contributed by atoms with Crippen LogP contribution in [-0.2, 0) is 6.42 Å². The van der Waals surface area contributed by atoms with Crippen molar-refractivity contribution in [3.8, 4) is 0 Å². The fraction of sp³-hybridized carbons (Fsp3) is 0.200. The summed E-state index contributed by atoms with van der Waals surface area (Å²) in [5, 5.41) is 0. The molecule has 0 unspecified atom stereocenters. The molecule has 0 aliphatic rings. The molecule has 2 heteroatoms. The Labute approximate surface area is 80.2 Å². The Bertz CT molecular complexity index is 261. The normalized spacial score (nSPS) is 9.83. The van der Waals surface area contributed by atoms with Crippen LogP contribution in [0.5, 0.6) is 0 Å². The maximum atomic E-state index is 13.1. The van der Waals surface area contributed by atoms with Crippen molar-refractivity contribution < 1.29 is 4.39 Å². The molecular formula is C10H10BrF. The van der Waals surface area contributed by atoms with Gasteiger partial charge in [-0.3, -0.25) is 0 Å². The number of allylic oxidation sites excluding steroid dienone is 1. The molecule has 0 amide bonds. The average Bonchev–Trinajstić information content (AvgIpc) is 2.04. The van der Waals surface area contributed by atoms with Gasteiger partial charge in [0.05, 0.1) is 0 Å². The summed E-state index contributed by atoms with van der Waals surface area (Å²) in [6.45, 7) is 3.60. The van der Waals surface area contributed by atoms with Crippen molar-refractivity contribution in [1.82, 2.24) is 0 Å². The fourth-order valence-corrected chi connectivity index (χ4v) is 1.56. The number of hydrogen-bond donors (Lipinski definition) is 0. The molecule has 0 nitrogen and oxygen atoms in total. The second-order valence-electron chi connectivity index (χ2n) is 2.53. The van der Waals surface area contributed by atoms with Gasteiger partial charge in [0.1, 0.15) is 5.82 Å². The molecule has 1 rings (SSSR count). The van der Waals surface area contributed by atoms with Crippen molar-refractivity contribution in [2.24, 2.45) is 0 Å². The van der Waals surface area contributed by atoms with Gasteiger partial charge in [-0.2, -0.15) is 0 Å². The van der Waals surface area contributed by atoms with Crippen molar-refractivity contribution in [2.45, 2.75) is 12.8 Å². The molecule has 0 bridgehead atoms. The van der Waals surface area contributed by atoms with Gasteiger partial charge in [-0.25, -0.2) is 4.39 Å². The van der Waals surface area contributed by atoms with Crippen molar-refractivity contribution in [2.75, 3.05) is 0 Å². The van der Waals surface area contributed by atoms with Gasteiger partial charge in [-0.15, -0.1) is 6.58 Å². The predicted octanol–water partition coefficient (Wildman–Crippen LogP) is 3.71. The average molecular weight is 229 g/mol. The van der Waals surface area contributed by atoms with Gasteiger partial charge in [-0.1, -0.05) is 28.1 Å². The molecule has 0 spiro atoms. The highest BCUT2D eigenvalue weighted by Crippen LogP contribution is 2.20. The first-order chi connectivity index (χ1) is 5.75. The summed E-state index contributed by atoms with van der Waals surface area (Å²) in [6, 6.07) is 5.02. The molecule has 0 fully saturated rings. The topological polar surface area (TPSA) is 0 Å². The fourth-order valence-electron chi connectivity index (χ4n) is 1.02. The highest BCUT2D eigenvalue weighted by Gasteiger charge is 2.03. The number of rotatable bonds is 3. The number of hydrogen-bond acceptors (Lipinski definition) is 0. The SMILES string of the molecule is C=CCCc1c(F)cccc1Br. The maximum absolute atomic E-state index is 13.1. The molecular weight excluding hydrogens is 219 g/mol. The van der Waals surface area contributed by atoms with E-state index in [4.69, 9.17) is 0 Å². The molecule has 0 N–H and O–H groups in total. The van der Waals surface area contributed by atoms with Crippen LogP contribution in [0.25, 0.3) is 0 Å². The Morgan fingerprint density at radius 3 is 2.83 bits per heavy atom. The Balaban J connectivity index is 2.88. The van der Waals surface area contributed by atoms with Gasteiger partial charge in [0.25, 0.3) is 0 Å². The minimum Gasteiger partial charge on any atom is -0.207 e. The van der Waals surface area contributed by atoms with Gasteiger partial charge >= 0.3 is 0 Å². The summed E-state index contributed by atoms with van der Waals surface area (Å²) in [6.07, 6.45) is 3.30. The van der Waals surface area contributed by atoms with Crippen molar-refractivity contribution >= 4 is 15.9 Å². The van der Waals surface area contributed by atoms with Crippen molar-refractivity contribution in [3.05, 3.63) is 46.7 Å². The molecule has 0 saturated heterocycles. The van der Waals surface area contributed by atoms with Crippen LogP contribution in [0.4, 0.5) is 4.39 Å². The van der Waals surface area contributed by atoms with E-state index < -0.39 is 0 Å². The van der Waals surface area contributed by atoms with Crippen LogP contribution in [-0.4, -0.2) is 0 Å². The lowest BCUT2D eigenvalue weighted by Gasteiger charge is -2.02. The second kappa shape index (κ2) is 4.41. The van der Waals surface area contributed by atoms with E-state index in [1.807, 2.05) is 6.07 Å². The molecule has 0 aliphatic carbocycles. The van der Waals surface area contributed by atoms with Crippen LogP contribution in [0, 0.1) is 5.82 Å². The molecule has 64 valence electrons. The van der Waals surface area contributed by atoms with E-state index >= 15 is 0 Å². The first-order valence-electron chi connectivity index (χ1n) is 3.79. The monoisotopic (exact) mass is 228 g/mol. The van der Waals surface area contributed by atoms with Crippen LogP contribution < -0.4 is 0 Å². The lowest BCUT2D eigenvalue weighted by atomic mass is 10.1. The zero-order chi connectivity index (χ0) is 8.97. The van der Waals surface area contributed by atoms with E-state index in [0.29, 0.717) is 6.42 Å². The third-order valence-corrected chi connectivity index (χ3v) is 2.40. The standard InChI is InChI=1S/C10H10BrF/c1-2-3-5-8-9(11)6-4-7-10(8)12/h2,4,6-7H,1,3,5H2. The molecule has 0 saturated carbocycles. The molecule has 0 radical (unpaired) electrons. The minimum absolute atomic E-state index is 0.147. The van der Waals surface area contributed by atoms with Crippen molar-refractivity contribution in [1.29, 1.82) is 0 Å².